The molecule has 7 nitrogen and oxygen atoms in total. The molecule has 0 unspecified atom stereocenters. The molecule has 6 aromatic carbocycles. The molecule has 0 spiro atoms. The lowest BCUT2D eigenvalue weighted by molar-refractivity contribution is 0.564. The van der Waals surface area contributed by atoms with Crippen molar-refractivity contribution < 1.29 is 8.83 Å². The predicted octanol–water partition coefficient (Wildman–Crippen LogP) is 10.1. The second-order valence-corrected chi connectivity index (χ2v) is 12.1. The third-order valence-corrected chi connectivity index (χ3v) is 8.81. The van der Waals surface area contributed by atoms with Crippen molar-refractivity contribution in [3.63, 3.8) is 0 Å². The summed E-state index contributed by atoms with van der Waals surface area (Å²) in [5.41, 5.74) is 14.1. The summed E-state index contributed by atoms with van der Waals surface area (Å²) in [6.45, 7) is 0. The fourth-order valence-corrected chi connectivity index (χ4v) is 6.40. The van der Waals surface area contributed by atoms with Gasteiger partial charge in [-0.1, -0.05) is 121 Å². The second kappa shape index (κ2) is 12.3. The van der Waals surface area contributed by atoms with Gasteiger partial charge in [0.1, 0.15) is 34.0 Å². The van der Waals surface area contributed by atoms with E-state index in [2.05, 4.69) is 12.1 Å². The molecule has 0 bridgehead atoms. The number of hydrogen-bond donors (Lipinski definition) is 1. The first kappa shape index (κ1) is 29.3. The first-order valence-corrected chi connectivity index (χ1v) is 16.4. The molecule has 9 rings (SSSR count). The SMILES string of the molecule is NC(=Nc1c(Cc2ccc3oc4cccc(-c5nc(-c6ccccc6)nc(-c6ccccc6)n5)c4c3c2)oc2ccccc12)c1ccccc1. The highest BCUT2D eigenvalue weighted by atomic mass is 16.3. The van der Waals surface area contributed by atoms with Crippen molar-refractivity contribution in [2.75, 3.05) is 0 Å². The van der Waals surface area contributed by atoms with Crippen LogP contribution in [-0.2, 0) is 6.42 Å². The minimum atomic E-state index is 0.432. The molecule has 0 fully saturated rings. The molecule has 0 amide bonds. The fourth-order valence-electron chi connectivity index (χ4n) is 6.40. The average Bonchev–Trinajstić information content (AvgIpc) is 3.73. The minimum absolute atomic E-state index is 0.432. The van der Waals surface area contributed by atoms with Crippen molar-refractivity contribution in [2.45, 2.75) is 6.42 Å². The molecule has 50 heavy (non-hydrogen) atoms. The number of furan rings is 2. The zero-order valence-corrected chi connectivity index (χ0v) is 26.8. The molecule has 0 aliphatic heterocycles. The Morgan fingerprint density at radius 1 is 0.540 bits per heavy atom. The number of aromatic nitrogens is 3. The number of fused-ring (bicyclic) bond motifs is 4. The molecule has 9 aromatic rings. The van der Waals surface area contributed by atoms with E-state index in [4.69, 9.17) is 34.5 Å². The molecule has 0 saturated carbocycles. The van der Waals surface area contributed by atoms with E-state index in [-0.39, 0.29) is 0 Å². The molecular weight excluding hydrogens is 619 g/mol. The Bertz CT molecular complexity index is 2620. The number of para-hydroxylation sites is 1. The molecule has 2 N–H and O–H groups in total. The van der Waals surface area contributed by atoms with Crippen molar-refractivity contribution in [1.29, 1.82) is 0 Å². The van der Waals surface area contributed by atoms with Crippen LogP contribution in [0.4, 0.5) is 5.69 Å². The largest absolute Gasteiger partial charge is 0.458 e. The van der Waals surface area contributed by atoms with Gasteiger partial charge in [0, 0.05) is 44.8 Å². The monoisotopic (exact) mass is 647 g/mol. The van der Waals surface area contributed by atoms with E-state index in [0.717, 1.165) is 72.2 Å². The lowest BCUT2D eigenvalue weighted by atomic mass is 10.0. The van der Waals surface area contributed by atoms with Crippen molar-refractivity contribution >= 4 is 44.4 Å². The molecule has 0 radical (unpaired) electrons. The number of hydrogen-bond acceptors (Lipinski definition) is 6. The molecule has 7 heteroatoms. The van der Waals surface area contributed by atoms with E-state index < -0.39 is 0 Å². The topological polar surface area (TPSA) is 103 Å². The Labute approximate surface area is 287 Å². The summed E-state index contributed by atoms with van der Waals surface area (Å²) in [6, 6.07) is 49.9. The third kappa shape index (κ3) is 5.37. The highest BCUT2D eigenvalue weighted by Gasteiger charge is 2.20. The van der Waals surface area contributed by atoms with Gasteiger partial charge < -0.3 is 14.6 Å². The number of aliphatic imine (C=N–C) groups is 1. The maximum atomic E-state index is 6.51. The maximum Gasteiger partial charge on any atom is 0.164 e. The molecule has 0 aliphatic carbocycles. The van der Waals surface area contributed by atoms with Crippen LogP contribution in [0.15, 0.2) is 165 Å². The number of rotatable bonds is 7. The summed E-state index contributed by atoms with van der Waals surface area (Å²) >= 11 is 0. The van der Waals surface area contributed by atoms with Crippen LogP contribution in [0.25, 0.3) is 67.1 Å². The highest BCUT2D eigenvalue weighted by molar-refractivity contribution is 6.12. The molecule has 0 atom stereocenters. The molecule has 0 saturated heterocycles. The van der Waals surface area contributed by atoms with Gasteiger partial charge in [0.05, 0.1) is 0 Å². The summed E-state index contributed by atoms with van der Waals surface area (Å²) < 4.78 is 12.8. The number of amidine groups is 1. The van der Waals surface area contributed by atoms with E-state index in [0.29, 0.717) is 29.7 Å². The smallest absolute Gasteiger partial charge is 0.164 e. The van der Waals surface area contributed by atoms with E-state index >= 15 is 0 Å². The molecular formula is C43H29N5O2. The molecule has 238 valence electrons. The quantitative estimate of drug-likeness (QED) is 0.136. The average molecular weight is 648 g/mol. The first-order chi connectivity index (χ1) is 24.7. The van der Waals surface area contributed by atoms with Crippen molar-refractivity contribution in [3.05, 3.63) is 169 Å². The van der Waals surface area contributed by atoms with Gasteiger partial charge in [0.25, 0.3) is 0 Å². The molecule has 3 heterocycles. The van der Waals surface area contributed by atoms with Gasteiger partial charge in [-0.15, -0.1) is 0 Å². The van der Waals surface area contributed by atoms with Crippen LogP contribution in [-0.4, -0.2) is 20.8 Å². The third-order valence-electron chi connectivity index (χ3n) is 8.81. The summed E-state index contributed by atoms with van der Waals surface area (Å²) in [5, 5.41) is 2.81. The Balaban J connectivity index is 1.18. The maximum absolute atomic E-state index is 6.51. The standard InChI is InChI=1S/C43H29N5O2/c44-40(28-13-4-1-5-14-28)45-39-31-19-10-11-21-34(31)50-37(39)26-27-23-24-35-33(25-27)38-32(20-12-22-36(38)49-35)43-47-41(29-15-6-2-7-16-29)46-42(48-43)30-17-8-3-9-18-30/h1-25H,26H2,(H2,44,45). The van der Waals surface area contributed by atoms with E-state index in [1.807, 2.05) is 140 Å². The van der Waals surface area contributed by atoms with E-state index in [1.165, 1.54) is 0 Å². The lowest BCUT2D eigenvalue weighted by Gasteiger charge is -2.09. The fraction of sp³-hybridized carbons (Fsp3) is 0.0233. The van der Waals surface area contributed by atoms with Crippen LogP contribution in [0.2, 0.25) is 0 Å². The first-order valence-electron chi connectivity index (χ1n) is 16.4. The zero-order valence-electron chi connectivity index (χ0n) is 26.8. The molecule has 0 aliphatic rings. The molecule has 3 aromatic heterocycles. The van der Waals surface area contributed by atoms with Gasteiger partial charge in [-0.05, 0) is 35.9 Å². The Morgan fingerprint density at radius 3 is 1.86 bits per heavy atom. The number of nitrogens with zero attached hydrogens (tertiary/aromatic N) is 4. The second-order valence-electron chi connectivity index (χ2n) is 12.1. The van der Waals surface area contributed by atoms with Crippen molar-refractivity contribution in [2.24, 2.45) is 10.7 Å². The van der Waals surface area contributed by atoms with Crippen molar-refractivity contribution in [1.82, 2.24) is 15.0 Å². The van der Waals surface area contributed by atoms with Gasteiger partial charge in [0.15, 0.2) is 17.5 Å². The van der Waals surface area contributed by atoms with E-state index in [9.17, 15) is 0 Å². The summed E-state index contributed by atoms with van der Waals surface area (Å²) in [4.78, 5) is 19.8. The lowest BCUT2D eigenvalue weighted by Crippen LogP contribution is -2.12. The summed E-state index contributed by atoms with van der Waals surface area (Å²) in [7, 11) is 0. The predicted molar refractivity (Wildman–Crippen MR) is 199 cm³/mol. The van der Waals surface area contributed by atoms with Gasteiger partial charge in [0.2, 0.25) is 0 Å². The van der Waals surface area contributed by atoms with Gasteiger partial charge >= 0.3 is 0 Å². The van der Waals surface area contributed by atoms with Crippen molar-refractivity contribution in [3.8, 4) is 34.2 Å². The number of nitrogens with two attached hydrogens (primary N) is 1. The Hall–Kier alpha value is -6.86. The van der Waals surface area contributed by atoms with Crippen LogP contribution in [0.5, 0.6) is 0 Å². The summed E-state index contributed by atoms with van der Waals surface area (Å²) in [6.07, 6.45) is 0.502. The van der Waals surface area contributed by atoms with Gasteiger partial charge in [-0.25, -0.2) is 19.9 Å². The summed E-state index contributed by atoms with van der Waals surface area (Å²) in [5.74, 6) is 2.94. The van der Waals surface area contributed by atoms with Gasteiger partial charge in [-0.2, -0.15) is 0 Å². The van der Waals surface area contributed by atoms with Crippen LogP contribution < -0.4 is 5.73 Å². The number of benzene rings is 6. The van der Waals surface area contributed by atoms with E-state index in [1.54, 1.807) is 0 Å². The Kier molecular flexibility index (Phi) is 7.21. The van der Waals surface area contributed by atoms with Crippen LogP contribution >= 0.6 is 0 Å². The zero-order chi connectivity index (χ0) is 33.4. The minimum Gasteiger partial charge on any atom is -0.458 e. The van der Waals surface area contributed by atoms with Gasteiger partial charge in [-0.3, -0.25) is 0 Å². The normalized spacial score (nSPS) is 11.9. The van der Waals surface area contributed by atoms with Crippen LogP contribution in [0, 0.1) is 0 Å². The highest BCUT2D eigenvalue weighted by Crippen LogP contribution is 2.39. The van der Waals surface area contributed by atoms with Crippen LogP contribution in [0.1, 0.15) is 16.9 Å². The van der Waals surface area contributed by atoms with Crippen LogP contribution in [0.3, 0.4) is 0 Å². The Morgan fingerprint density at radius 2 is 1.14 bits per heavy atom.